The number of hydrogen-bond acceptors (Lipinski definition) is 3. The largest absolute Gasteiger partial charge is 0.351 e. The summed E-state index contributed by atoms with van der Waals surface area (Å²) in [7, 11) is 0. The molecular weight excluding hydrogens is 370 g/mol. The Morgan fingerprint density at radius 1 is 1.33 bits per heavy atom. The van der Waals surface area contributed by atoms with Gasteiger partial charge in [-0.25, -0.2) is 4.98 Å². The standard InChI is InChI=1S/C15H15BrClN3S/c16-12-8-9(17)7-11-10(3-1-2-4-18)14(20-13(11)12)15-19-5-6-21-15/h5-8,20H,1-4,18H2. The van der Waals surface area contributed by atoms with Gasteiger partial charge in [0.15, 0.2) is 0 Å². The number of unbranched alkanes of at least 4 members (excludes halogenated alkanes) is 1. The van der Waals surface area contributed by atoms with Crippen LogP contribution in [0.25, 0.3) is 21.6 Å². The van der Waals surface area contributed by atoms with E-state index in [1.807, 2.05) is 23.7 Å². The lowest BCUT2D eigenvalue weighted by Crippen LogP contribution is -1.99. The summed E-state index contributed by atoms with van der Waals surface area (Å²) in [5, 5.41) is 4.90. The maximum atomic E-state index is 6.21. The summed E-state index contributed by atoms with van der Waals surface area (Å²) in [6.07, 6.45) is 4.88. The van der Waals surface area contributed by atoms with Gasteiger partial charge < -0.3 is 10.7 Å². The lowest BCUT2D eigenvalue weighted by atomic mass is 10.0. The summed E-state index contributed by atoms with van der Waals surface area (Å²) in [6, 6.07) is 3.93. The second-order valence-electron chi connectivity index (χ2n) is 4.87. The van der Waals surface area contributed by atoms with E-state index in [4.69, 9.17) is 17.3 Å². The fourth-order valence-electron chi connectivity index (χ4n) is 2.51. The highest BCUT2D eigenvalue weighted by atomic mass is 79.9. The van der Waals surface area contributed by atoms with E-state index < -0.39 is 0 Å². The summed E-state index contributed by atoms with van der Waals surface area (Å²) in [6.45, 7) is 0.722. The molecule has 0 amide bonds. The summed E-state index contributed by atoms with van der Waals surface area (Å²) < 4.78 is 0.980. The maximum Gasteiger partial charge on any atom is 0.139 e. The van der Waals surface area contributed by atoms with Crippen LogP contribution < -0.4 is 5.73 Å². The Morgan fingerprint density at radius 3 is 2.90 bits per heavy atom. The van der Waals surface area contributed by atoms with Gasteiger partial charge in [0.05, 0.1) is 11.2 Å². The third-order valence-corrected chi connectivity index (χ3v) is 5.09. The highest BCUT2D eigenvalue weighted by Crippen LogP contribution is 2.37. The minimum absolute atomic E-state index is 0.722. The van der Waals surface area contributed by atoms with Crippen LogP contribution in [0.4, 0.5) is 0 Å². The van der Waals surface area contributed by atoms with Gasteiger partial charge in [0, 0.05) is 26.5 Å². The molecule has 0 atom stereocenters. The molecule has 0 radical (unpaired) electrons. The van der Waals surface area contributed by atoms with Gasteiger partial charge in [0.1, 0.15) is 5.01 Å². The van der Waals surface area contributed by atoms with E-state index >= 15 is 0 Å². The van der Waals surface area contributed by atoms with Crippen LogP contribution in [0.1, 0.15) is 18.4 Å². The maximum absolute atomic E-state index is 6.21. The van der Waals surface area contributed by atoms with E-state index in [0.29, 0.717) is 0 Å². The molecule has 6 heteroatoms. The number of nitrogens with one attached hydrogen (secondary N) is 1. The van der Waals surface area contributed by atoms with Crippen molar-refractivity contribution < 1.29 is 0 Å². The Kier molecular flexibility index (Phi) is 4.64. The molecule has 3 N–H and O–H groups in total. The number of rotatable bonds is 5. The first-order chi connectivity index (χ1) is 10.2. The highest BCUT2D eigenvalue weighted by molar-refractivity contribution is 9.10. The van der Waals surface area contributed by atoms with Gasteiger partial charge in [0.25, 0.3) is 0 Å². The van der Waals surface area contributed by atoms with Crippen molar-refractivity contribution in [3.8, 4) is 10.7 Å². The van der Waals surface area contributed by atoms with Crippen LogP contribution in [-0.4, -0.2) is 16.5 Å². The van der Waals surface area contributed by atoms with E-state index in [2.05, 4.69) is 25.9 Å². The fraction of sp³-hybridized carbons (Fsp3) is 0.267. The minimum atomic E-state index is 0.722. The normalized spacial score (nSPS) is 11.4. The van der Waals surface area contributed by atoms with Crippen molar-refractivity contribution in [1.82, 2.24) is 9.97 Å². The van der Waals surface area contributed by atoms with Crippen molar-refractivity contribution >= 4 is 49.8 Å². The quantitative estimate of drug-likeness (QED) is 0.609. The number of H-pyrrole nitrogens is 1. The van der Waals surface area contributed by atoms with Crippen LogP contribution in [0.2, 0.25) is 5.02 Å². The van der Waals surface area contributed by atoms with E-state index in [9.17, 15) is 0 Å². The molecule has 0 spiro atoms. The van der Waals surface area contributed by atoms with Crippen LogP contribution in [0.15, 0.2) is 28.2 Å². The van der Waals surface area contributed by atoms with Crippen molar-refractivity contribution in [3.05, 3.63) is 38.8 Å². The lowest BCUT2D eigenvalue weighted by molar-refractivity contribution is 0.748. The molecule has 0 aliphatic rings. The van der Waals surface area contributed by atoms with Crippen molar-refractivity contribution in [2.45, 2.75) is 19.3 Å². The number of fused-ring (bicyclic) bond motifs is 1. The van der Waals surface area contributed by atoms with Crippen molar-refractivity contribution in [2.24, 2.45) is 5.73 Å². The van der Waals surface area contributed by atoms with E-state index in [1.165, 1.54) is 5.56 Å². The molecule has 3 aromatic rings. The Labute approximate surface area is 140 Å². The monoisotopic (exact) mass is 383 g/mol. The molecule has 3 nitrogen and oxygen atoms in total. The predicted octanol–water partition coefficient (Wildman–Crippen LogP) is 4.99. The smallest absolute Gasteiger partial charge is 0.139 e. The molecule has 1 aromatic carbocycles. The van der Waals surface area contributed by atoms with Crippen LogP contribution in [0.5, 0.6) is 0 Å². The first-order valence-electron chi connectivity index (χ1n) is 6.80. The molecule has 2 heterocycles. The summed E-state index contributed by atoms with van der Waals surface area (Å²) in [4.78, 5) is 7.94. The molecule has 0 fully saturated rings. The van der Waals surface area contributed by atoms with Gasteiger partial charge in [-0.1, -0.05) is 11.6 Å². The van der Waals surface area contributed by atoms with E-state index in [-0.39, 0.29) is 0 Å². The summed E-state index contributed by atoms with van der Waals surface area (Å²) >= 11 is 11.4. The zero-order chi connectivity index (χ0) is 14.8. The van der Waals surface area contributed by atoms with Crippen LogP contribution in [0.3, 0.4) is 0 Å². The molecule has 0 bridgehead atoms. The third kappa shape index (κ3) is 3.01. The number of aryl methyl sites for hydroxylation is 1. The average molecular weight is 385 g/mol. The van der Waals surface area contributed by atoms with Gasteiger partial charge in [-0.05, 0) is 59.4 Å². The molecule has 0 saturated carbocycles. The van der Waals surface area contributed by atoms with Gasteiger partial charge in [-0.15, -0.1) is 11.3 Å². The third-order valence-electron chi connectivity index (χ3n) is 3.46. The van der Waals surface area contributed by atoms with Gasteiger partial charge in [0.2, 0.25) is 0 Å². The molecular formula is C15H15BrClN3S. The van der Waals surface area contributed by atoms with E-state index in [1.54, 1.807) is 11.3 Å². The SMILES string of the molecule is NCCCCc1c(-c2nccs2)[nH]c2c(Br)cc(Cl)cc12. The van der Waals surface area contributed by atoms with Gasteiger partial charge in [-0.2, -0.15) is 0 Å². The van der Waals surface area contributed by atoms with E-state index in [0.717, 1.165) is 56.9 Å². The van der Waals surface area contributed by atoms with Crippen molar-refractivity contribution in [2.75, 3.05) is 6.54 Å². The number of halogens is 2. The Hall–Kier alpha value is -0.880. The minimum Gasteiger partial charge on any atom is -0.351 e. The first kappa shape index (κ1) is 15.0. The zero-order valence-corrected chi connectivity index (χ0v) is 14.5. The predicted molar refractivity (Wildman–Crippen MR) is 94.1 cm³/mol. The number of benzene rings is 1. The van der Waals surface area contributed by atoms with Gasteiger partial charge in [-0.3, -0.25) is 0 Å². The van der Waals surface area contributed by atoms with Crippen molar-refractivity contribution in [1.29, 1.82) is 0 Å². The number of thiazole rings is 1. The van der Waals surface area contributed by atoms with Gasteiger partial charge >= 0.3 is 0 Å². The second-order valence-corrected chi connectivity index (χ2v) is 7.06. The molecule has 21 heavy (non-hydrogen) atoms. The first-order valence-corrected chi connectivity index (χ1v) is 8.85. The van der Waals surface area contributed by atoms with Crippen LogP contribution in [-0.2, 0) is 6.42 Å². The topological polar surface area (TPSA) is 54.7 Å². The summed E-state index contributed by atoms with van der Waals surface area (Å²) in [5.74, 6) is 0. The van der Waals surface area contributed by atoms with Crippen molar-refractivity contribution in [3.63, 3.8) is 0 Å². The number of aromatic nitrogens is 2. The summed E-state index contributed by atoms with van der Waals surface area (Å²) in [5.41, 5.74) is 9.06. The Morgan fingerprint density at radius 2 is 2.19 bits per heavy atom. The average Bonchev–Trinajstić information content (AvgIpc) is 3.07. The van der Waals surface area contributed by atoms with Crippen LogP contribution in [0, 0.1) is 0 Å². The number of nitrogens with zero attached hydrogens (tertiary/aromatic N) is 1. The molecule has 2 aromatic heterocycles. The number of aromatic amines is 1. The fourth-order valence-corrected chi connectivity index (χ4v) is 4.08. The number of hydrogen-bond donors (Lipinski definition) is 2. The Bertz CT molecular complexity index is 752. The molecule has 110 valence electrons. The Balaban J connectivity index is 2.16. The highest BCUT2D eigenvalue weighted by Gasteiger charge is 2.16. The molecule has 0 unspecified atom stereocenters. The van der Waals surface area contributed by atoms with Crippen LogP contribution >= 0.6 is 38.9 Å². The molecule has 0 saturated heterocycles. The molecule has 0 aliphatic heterocycles. The lowest BCUT2D eigenvalue weighted by Gasteiger charge is -2.03. The zero-order valence-electron chi connectivity index (χ0n) is 11.3. The molecule has 3 rings (SSSR count). The second kappa shape index (κ2) is 6.48. The molecule has 0 aliphatic carbocycles. The number of nitrogens with two attached hydrogens (primary N) is 1.